The van der Waals surface area contributed by atoms with Gasteiger partial charge in [-0.1, -0.05) is 13.8 Å². The van der Waals surface area contributed by atoms with E-state index in [0.29, 0.717) is 11.3 Å². The van der Waals surface area contributed by atoms with Gasteiger partial charge in [-0.2, -0.15) is 5.10 Å². The molecule has 0 amide bonds. The van der Waals surface area contributed by atoms with E-state index < -0.39 is 0 Å². The summed E-state index contributed by atoms with van der Waals surface area (Å²) in [6.45, 7) is 15.1. The van der Waals surface area contributed by atoms with Gasteiger partial charge >= 0.3 is 0 Å². The zero-order valence-electron chi connectivity index (χ0n) is 20.7. The van der Waals surface area contributed by atoms with Gasteiger partial charge in [0, 0.05) is 62.6 Å². The highest BCUT2D eigenvalue weighted by atomic mass is 16.5. The fourth-order valence-electron chi connectivity index (χ4n) is 5.89. The van der Waals surface area contributed by atoms with Crippen LogP contribution in [-0.2, 0) is 4.74 Å². The number of rotatable bonds is 6. The highest BCUT2D eigenvalue weighted by Crippen LogP contribution is 2.43. The first-order chi connectivity index (χ1) is 16.4. The molecule has 0 atom stereocenters. The van der Waals surface area contributed by atoms with Gasteiger partial charge in [0.15, 0.2) is 5.65 Å². The van der Waals surface area contributed by atoms with E-state index in [9.17, 15) is 0 Å². The van der Waals surface area contributed by atoms with Crippen LogP contribution in [0.3, 0.4) is 0 Å². The summed E-state index contributed by atoms with van der Waals surface area (Å²) < 4.78 is 7.10. The summed E-state index contributed by atoms with van der Waals surface area (Å²) in [7, 11) is 1.77. The largest absolute Gasteiger partial charge is 0.383 e. The Labute approximate surface area is 199 Å². The van der Waals surface area contributed by atoms with Crippen molar-refractivity contribution < 1.29 is 4.74 Å². The quantitative estimate of drug-likeness (QED) is 0.473. The first kappa shape index (κ1) is 21.6. The maximum Gasteiger partial charge on any atom is 0.158 e. The van der Waals surface area contributed by atoms with E-state index in [0.717, 1.165) is 65.6 Å². The van der Waals surface area contributed by atoms with Crippen molar-refractivity contribution in [2.45, 2.75) is 33.6 Å². The van der Waals surface area contributed by atoms with Gasteiger partial charge in [0.1, 0.15) is 12.1 Å². The van der Waals surface area contributed by atoms with Crippen LogP contribution in [-0.4, -0.2) is 75.9 Å². The highest BCUT2D eigenvalue weighted by Gasteiger charge is 2.51. The number of likely N-dealkylation sites (tertiary alicyclic amines) is 1. The Bertz CT molecular complexity index is 1370. The molecule has 2 fully saturated rings. The lowest BCUT2D eigenvalue weighted by molar-refractivity contribution is -0.0330. The van der Waals surface area contributed by atoms with E-state index in [2.05, 4.69) is 70.9 Å². The van der Waals surface area contributed by atoms with Crippen LogP contribution in [0, 0.1) is 19.3 Å². The smallest absolute Gasteiger partial charge is 0.158 e. The Morgan fingerprint density at radius 1 is 1.12 bits per heavy atom. The molecular formula is C26H33N7O. The van der Waals surface area contributed by atoms with E-state index in [4.69, 9.17) is 9.72 Å². The Kier molecular flexibility index (Phi) is 4.93. The molecule has 178 valence electrons. The molecule has 6 rings (SSSR count). The fraction of sp³-hybridized carbons (Fsp3) is 0.500. The van der Waals surface area contributed by atoms with Crippen molar-refractivity contribution in [1.82, 2.24) is 29.5 Å². The Balaban J connectivity index is 1.33. The molecule has 4 aromatic heterocycles. The number of H-pyrrole nitrogens is 1. The number of nitrogens with one attached hydrogen (secondary N) is 1. The van der Waals surface area contributed by atoms with Crippen LogP contribution in [0.15, 0.2) is 24.7 Å². The van der Waals surface area contributed by atoms with E-state index in [1.165, 1.54) is 24.2 Å². The summed E-state index contributed by atoms with van der Waals surface area (Å²) >= 11 is 0. The third-order valence-corrected chi connectivity index (χ3v) is 7.74. The number of aromatic nitrogens is 5. The number of methoxy groups -OCH3 is 1. The third kappa shape index (κ3) is 3.23. The van der Waals surface area contributed by atoms with Gasteiger partial charge in [-0.3, -0.25) is 4.90 Å². The Morgan fingerprint density at radius 2 is 1.91 bits per heavy atom. The van der Waals surface area contributed by atoms with E-state index in [1.54, 1.807) is 13.4 Å². The Morgan fingerprint density at radius 3 is 2.65 bits per heavy atom. The van der Waals surface area contributed by atoms with Crippen molar-refractivity contribution in [3.63, 3.8) is 0 Å². The number of ether oxygens (including phenoxy) is 1. The fourth-order valence-corrected chi connectivity index (χ4v) is 5.89. The predicted octanol–water partition coefficient (Wildman–Crippen LogP) is 3.78. The summed E-state index contributed by atoms with van der Waals surface area (Å²) in [5, 5.41) is 4.40. The van der Waals surface area contributed by atoms with Crippen molar-refractivity contribution in [3.05, 3.63) is 41.3 Å². The molecule has 34 heavy (non-hydrogen) atoms. The number of hydrogen-bond acceptors (Lipinski definition) is 6. The van der Waals surface area contributed by atoms with Gasteiger partial charge in [-0.25, -0.2) is 14.5 Å². The van der Waals surface area contributed by atoms with Crippen molar-refractivity contribution in [3.8, 4) is 11.3 Å². The van der Waals surface area contributed by atoms with Crippen molar-refractivity contribution in [2.75, 3.05) is 51.3 Å². The molecule has 1 spiro atoms. The molecule has 2 saturated heterocycles. The monoisotopic (exact) mass is 459 g/mol. The molecule has 8 heteroatoms. The maximum atomic E-state index is 5.22. The molecule has 0 radical (unpaired) electrons. The van der Waals surface area contributed by atoms with E-state index >= 15 is 0 Å². The summed E-state index contributed by atoms with van der Waals surface area (Å²) in [5.41, 5.74) is 9.46. The van der Waals surface area contributed by atoms with E-state index in [-0.39, 0.29) is 0 Å². The third-order valence-electron chi connectivity index (χ3n) is 7.74. The van der Waals surface area contributed by atoms with Crippen LogP contribution < -0.4 is 4.90 Å². The first-order valence-corrected chi connectivity index (χ1v) is 12.2. The maximum absolute atomic E-state index is 5.22. The number of anilines is 1. The Hall–Kier alpha value is -2.97. The van der Waals surface area contributed by atoms with Crippen LogP contribution in [0.2, 0.25) is 0 Å². The molecule has 4 aromatic rings. The van der Waals surface area contributed by atoms with Crippen molar-refractivity contribution in [1.29, 1.82) is 0 Å². The van der Waals surface area contributed by atoms with Crippen LogP contribution in [0.1, 0.15) is 36.5 Å². The van der Waals surface area contributed by atoms with Gasteiger partial charge in [0.2, 0.25) is 0 Å². The van der Waals surface area contributed by atoms with Gasteiger partial charge < -0.3 is 14.6 Å². The topological polar surface area (TPSA) is 74.6 Å². The average Bonchev–Trinajstić information content (AvgIpc) is 3.38. The SMILES string of the molecule is COCCN1CC2(C1)CN(c1ccc3[nH]c(-c4cn5ncnc5c(C)c4C)c(C(C)C)c3n1)C2. The number of aryl methyl sites for hydroxylation is 1. The molecule has 8 nitrogen and oxygen atoms in total. The molecule has 0 aromatic carbocycles. The molecule has 2 aliphatic heterocycles. The second-order valence-electron chi connectivity index (χ2n) is 10.5. The number of aromatic amines is 1. The van der Waals surface area contributed by atoms with Gasteiger partial charge in [-0.05, 0) is 43.0 Å². The van der Waals surface area contributed by atoms with Crippen molar-refractivity contribution >= 4 is 22.5 Å². The first-order valence-electron chi connectivity index (χ1n) is 12.2. The van der Waals surface area contributed by atoms with Crippen LogP contribution in [0.25, 0.3) is 27.9 Å². The average molecular weight is 460 g/mol. The molecule has 0 aliphatic carbocycles. The molecular weight excluding hydrogens is 426 g/mol. The van der Waals surface area contributed by atoms with Gasteiger partial charge in [0.05, 0.1) is 23.3 Å². The number of hydrogen-bond donors (Lipinski definition) is 1. The zero-order chi connectivity index (χ0) is 23.6. The minimum absolute atomic E-state index is 0.335. The lowest BCUT2D eigenvalue weighted by Gasteiger charge is -2.60. The molecule has 0 unspecified atom stereocenters. The molecule has 6 heterocycles. The normalized spacial score (nSPS) is 17.8. The summed E-state index contributed by atoms with van der Waals surface area (Å²) in [6.07, 6.45) is 3.71. The number of fused-ring (bicyclic) bond motifs is 2. The lowest BCUT2D eigenvalue weighted by atomic mass is 9.73. The van der Waals surface area contributed by atoms with Crippen LogP contribution in [0.4, 0.5) is 5.82 Å². The van der Waals surface area contributed by atoms with Crippen LogP contribution >= 0.6 is 0 Å². The number of pyridine rings is 2. The molecule has 1 N–H and O–H groups in total. The minimum atomic E-state index is 0.335. The second-order valence-corrected chi connectivity index (χ2v) is 10.5. The standard InChI is InChI=1S/C26H33N7O/c1-16(2)22-23(19-10-33-25(27-15-28-33)18(4)17(19)3)29-20-6-7-21(30-24(20)22)32-13-26(14-32)11-31(12-26)8-9-34-5/h6-7,10,15-16,29H,8-9,11-14H2,1-5H3. The second kappa shape index (κ2) is 7.78. The van der Waals surface area contributed by atoms with Gasteiger partial charge in [0.25, 0.3) is 0 Å². The highest BCUT2D eigenvalue weighted by molar-refractivity contribution is 5.90. The number of nitrogens with zero attached hydrogens (tertiary/aromatic N) is 6. The molecule has 0 saturated carbocycles. The zero-order valence-corrected chi connectivity index (χ0v) is 20.7. The van der Waals surface area contributed by atoms with E-state index in [1.807, 2.05) is 4.52 Å². The summed E-state index contributed by atoms with van der Waals surface area (Å²) in [4.78, 5) is 18.2. The lowest BCUT2D eigenvalue weighted by Crippen LogP contribution is -2.72. The molecule has 0 bridgehead atoms. The van der Waals surface area contributed by atoms with Crippen LogP contribution in [0.5, 0.6) is 0 Å². The predicted molar refractivity (Wildman–Crippen MR) is 135 cm³/mol. The molecule has 2 aliphatic rings. The van der Waals surface area contributed by atoms with Crippen molar-refractivity contribution in [2.24, 2.45) is 5.41 Å². The van der Waals surface area contributed by atoms with Gasteiger partial charge in [-0.15, -0.1) is 0 Å². The summed E-state index contributed by atoms with van der Waals surface area (Å²) in [5.74, 6) is 1.42. The summed E-state index contributed by atoms with van der Waals surface area (Å²) in [6, 6.07) is 4.36. The minimum Gasteiger partial charge on any atom is -0.383 e.